The van der Waals surface area contributed by atoms with Crippen molar-refractivity contribution in [2.75, 3.05) is 13.6 Å². The average Bonchev–Trinajstić information content (AvgIpc) is 3.10. The van der Waals surface area contributed by atoms with E-state index >= 15 is 0 Å². The molecule has 0 aromatic heterocycles. The van der Waals surface area contributed by atoms with E-state index < -0.39 is 0 Å². The first-order valence-electron chi connectivity index (χ1n) is 6.62. The van der Waals surface area contributed by atoms with Crippen LogP contribution in [0, 0.1) is 11.8 Å². The fourth-order valence-electron chi connectivity index (χ4n) is 2.52. The lowest BCUT2D eigenvalue weighted by Crippen LogP contribution is -2.46. The van der Waals surface area contributed by atoms with Crippen LogP contribution in [0.5, 0.6) is 0 Å². The molecule has 0 saturated heterocycles. The Morgan fingerprint density at radius 2 is 1.94 bits per heavy atom. The largest absolute Gasteiger partial charge is 0.336 e. The van der Waals surface area contributed by atoms with E-state index in [0.29, 0.717) is 18.0 Å². The highest BCUT2D eigenvalue weighted by atomic mass is 16.2. The highest BCUT2D eigenvalue weighted by Crippen LogP contribution is 2.40. The third kappa shape index (κ3) is 2.57. The molecule has 0 aromatic rings. The Kier molecular flexibility index (Phi) is 3.53. The summed E-state index contributed by atoms with van der Waals surface area (Å²) in [6.07, 6.45) is 5.07. The van der Waals surface area contributed by atoms with Gasteiger partial charge in [-0.3, -0.25) is 4.79 Å². The van der Waals surface area contributed by atoms with E-state index in [4.69, 9.17) is 0 Å². The maximum atomic E-state index is 12.4. The number of amides is 1. The molecule has 0 heterocycles. The van der Waals surface area contributed by atoms with E-state index in [1.807, 2.05) is 14.0 Å². The molecule has 3 heteroatoms. The summed E-state index contributed by atoms with van der Waals surface area (Å²) in [4.78, 5) is 14.6. The molecule has 2 atom stereocenters. The molecule has 2 fully saturated rings. The Morgan fingerprint density at radius 1 is 1.31 bits per heavy atom. The van der Waals surface area contributed by atoms with E-state index in [1.165, 1.54) is 25.7 Å². The van der Waals surface area contributed by atoms with Gasteiger partial charge in [0.1, 0.15) is 0 Å². The quantitative estimate of drug-likeness (QED) is 0.744. The minimum atomic E-state index is 0.117. The third-order valence-electron chi connectivity index (χ3n) is 3.87. The lowest BCUT2D eigenvalue weighted by atomic mass is 10.1. The smallest absolute Gasteiger partial charge is 0.227 e. The van der Waals surface area contributed by atoms with Gasteiger partial charge in [-0.15, -0.1) is 0 Å². The van der Waals surface area contributed by atoms with Crippen LogP contribution in [0.3, 0.4) is 0 Å². The number of rotatable bonds is 6. The van der Waals surface area contributed by atoms with Crippen LogP contribution in [0.15, 0.2) is 0 Å². The van der Waals surface area contributed by atoms with E-state index in [1.54, 1.807) is 0 Å². The summed E-state index contributed by atoms with van der Waals surface area (Å²) in [5.74, 6) is 1.26. The van der Waals surface area contributed by atoms with E-state index in [-0.39, 0.29) is 5.92 Å². The van der Waals surface area contributed by atoms with Gasteiger partial charge in [0, 0.05) is 24.5 Å². The molecule has 1 amide bonds. The van der Waals surface area contributed by atoms with Gasteiger partial charge in [-0.1, -0.05) is 6.92 Å². The first-order chi connectivity index (χ1) is 7.65. The molecule has 3 nitrogen and oxygen atoms in total. The molecule has 2 aliphatic carbocycles. The van der Waals surface area contributed by atoms with Gasteiger partial charge in [0.15, 0.2) is 0 Å². The predicted octanol–water partition coefficient (Wildman–Crippen LogP) is 1.63. The van der Waals surface area contributed by atoms with Crippen molar-refractivity contribution in [3.63, 3.8) is 0 Å². The Balaban J connectivity index is 1.97. The summed E-state index contributed by atoms with van der Waals surface area (Å²) in [6, 6.07) is 1.03. The molecule has 2 saturated carbocycles. The van der Waals surface area contributed by atoms with Crippen LogP contribution < -0.4 is 5.32 Å². The second-order valence-corrected chi connectivity index (χ2v) is 5.51. The number of nitrogens with one attached hydrogen (secondary N) is 1. The summed E-state index contributed by atoms with van der Waals surface area (Å²) in [7, 11) is 1.91. The molecule has 16 heavy (non-hydrogen) atoms. The number of nitrogens with zero attached hydrogens (tertiary/aromatic N) is 1. The number of carbonyl (C=O) groups is 1. The van der Waals surface area contributed by atoms with E-state index in [0.717, 1.165) is 12.5 Å². The molecule has 0 aromatic carbocycles. The minimum absolute atomic E-state index is 0.117. The molecule has 0 aliphatic heterocycles. The maximum absolute atomic E-state index is 12.4. The average molecular weight is 224 g/mol. The first kappa shape index (κ1) is 11.9. The predicted molar refractivity (Wildman–Crippen MR) is 65.1 cm³/mol. The molecule has 1 N–H and O–H groups in total. The summed E-state index contributed by atoms with van der Waals surface area (Å²) in [5, 5.41) is 3.10. The van der Waals surface area contributed by atoms with Crippen molar-refractivity contribution in [3.8, 4) is 0 Å². The Hall–Kier alpha value is -0.570. The van der Waals surface area contributed by atoms with Crippen LogP contribution in [0.1, 0.15) is 39.5 Å². The zero-order valence-corrected chi connectivity index (χ0v) is 10.7. The van der Waals surface area contributed by atoms with Crippen molar-refractivity contribution >= 4 is 5.91 Å². The van der Waals surface area contributed by atoms with Gasteiger partial charge in [0.05, 0.1) is 0 Å². The fourth-order valence-corrected chi connectivity index (χ4v) is 2.52. The van der Waals surface area contributed by atoms with Gasteiger partial charge >= 0.3 is 0 Å². The number of hydrogen-bond acceptors (Lipinski definition) is 2. The lowest BCUT2D eigenvalue weighted by molar-refractivity contribution is -0.138. The van der Waals surface area contributed by atoms with Crippen molar-refractivity contribution in [3.05, 3.63) is 0 Å². The molecule has 0 spiro atoms. The summed E-state index contributed by atoms with van der Waals surface area (Å²) in [5.41, 5.74) is 0. The Morgan fingerprint density at radius 3 is 2.38 bits per heavy atom. The van der Waals surface area contributed by atoms with Crippen molar-refractivity contribution in [1.82, 2.24) is 10.2 Å². The molecule has 2 rings (SSSR count). The molecular weight excluding hydrogens is 200 g/mol. The second kappa shape index (κ2) is 4.74. The van der Waals surface area contributed by atoms with Crippen LogP contribution in [0.25, 0.3) is 0 Å². The SMILES string of the molecule is CNCC(C)C(=O)N(C1CC1)C(C)C1CC1. The topological polar surface area (TPSA) is 32.3 Å². The third-order valence-corrected chi connectivity index (χ3v) is 3.87. The highest BCUT2D eigenvalue weighted by molar-refractivity contribution is 5.79. The van der Waals surface area contributed by atoms with Gasteiger partial charge in [-0.25, -0.2) is 0 Å². The standard InChI is InChI=1S/C13H24N2O/c1-9(8-14-3)13(16)15(12-6-7-12)10(2)11-4-5-11/h9-12,14H,4-8H2,1-3H3. The Bertz CT molecular complexity index is 259. The second-order valence-electron chi connectivity index (χ2n) is 5.51. The first-order valence-corrected chi connectivity index (χ1v) is 6.62. The van der Waals surface area contributed by atoms with Gasteiger partial charge in [0.2, 0.25) is 5.91 Å². The minimum Gasteiger partial charge on any atom is -0.336 e. The molecule has 0 radical (unpaired) electrons. The maximum Gasteiger partial charge on any atom is 0.227 e. The summed E-state index contributed by atoms with van der Waals surface area (Å²) >= 11 is 0. The number of carbonyl (C=O) groups excluding carboxylic acids is 1. The van der Waals surface area contributed by atoms with Crippen molar-refractivity contribution in [1.29, 1.82) is 0 Å². The van der Waals surface area contributed by atoms with Crippen molar-refractivity contribution in [2.45, 2.75) is 51.6 Å². The van der Waals surface area contributed by atoms with Crippen LogP contribution in [-0.2, 0) is 4.79 Å². The van der Waals surface area contributed by atoms with Gasteiger partial charge < -0.3 is 10.2 Å². The van der Waals surface area contributed by atoms with Crippen LogP contribution in [0.2, 0.25) is 0 Å². The van der Waals surface area contributed by atoms with Gasteiger partial charge in [0.25, 0.3) is 0 Å². The number of hydrogen-bond donors (Lipinski definition) is 1. The van der Waals surface area contributed by atoms with Gasteiger partial charge in [-0.05, 0) is 45.6 Å². The van der Waals surface area contributed by atoms with Gasteiger partial charge in [-0.2, -0.15) is 0 Å². The zero-order chi connectivity index (χ0) is 11.7. The molecule has 92 valence electrons. The summed E-state index contributed by atoms with van der Waals surface area (Å²) in [6.45, 7) is 5.06. The lowest BCUT2D eigenvalue weighted by Gasteiger charge is -2.32. The summed E-state index contributed by atoms with van der Waals surface area (Å²) < 4.78 is 0. The van der Waals surface area contributed by atoms with Crippen molar-refractivity contribution in [2.24, 2.45) is 11.8 Å². The molecule has 2 aliphatic rings. The van der Waals surface area contributed by atoms with Crippen LogP contribution in [-0.4, -0.2) is 36.5 Å². The molecule has 2 unspecified atom stereocenters. The molecule has 0 bridgehead atoms. The normalized spacial score (nSPS) is 23.9. The van der Waals surface area contributed by atoms with E-state index in [9.17, 15) is 4.79 Å². The zero-order valence-electron chi connectivity index (χ0n) is 10.7. The highest BCUT2D eigenvalue weighted by Gasteiger charge is 2.42. The van der Waals surface area contributed by atoms with Crippen molar-refractivity contribution < 1.29 is 4.79 Å². The molecular formula is C13H24N2O. The monoisotopic (exact) mass is 224 g/mol. The van der Waals surface area contributed by atoms with Crippen LogP contribution in [0.4, 0.5) is 0 Å². The van der Waals surface area contributed by atoms with Crippen LogP contribution >= 0.6 is 0 Å². The van der Waals surface area contributed by atoms with E-state index in [2.05, 4.69) is 17.1 Å². The fraction of sp³-hybridized carbons (Fsp3) is 0.923. The Labute approximate surface area is 98.6 Å².